The Hall–Kier alpha value is -2.37. The van der Waals surface area contributed by atoms with E-state index in [-0.39, 0.29) is 17.3 Å². The van der Waals surface area contributed by atoms with Crippen LogP contribution in [0.25, 0.3) is 0 Å². The van der Waals surface area contributed by atoms with Gasteiger partial charge in [0.25, 0.3) is 0 Å². The number of imidazole rings is 1. The standard InChI is InChI=1S/C15H18FN3O2/c1-3-12-18-13(15(20)21-2)14(17)19(12)9-8-10-6-4-5-7-11(10)16/h4-7H,3,8-9,17H2,1-2H3. The zero-order valence-corrected chi connectivity index (χ0v) is 12.1. The van der Waals surface area contributed by atoms with Crippen molar-refractivity contribution in [1.82, 2.24) is 9.55 Å². The fraction of sp³-hybridized carbons (Fsp3) is 0.333. The predicted octanol–water partition coefficient (Wildman–Crippen LogP) is 2.20. The van der Waals surface area contributed by atoms with Gasteiger partial charge in [-0.1, -0.05) is 25.1 Å². The van der Waals surface area contributed by atoms with E-state index in [2.05, 4.69) is 9.72 Å². The molecule has 0 unspecified atom stereocenters. The predicted molar refractivity (Wildman–Crippen MR) is 77.5 cm³/mol. The van der Waals surface area contributed by atoms with Gasteiger partial charge in [0, 0.05) is 13.0 Å². The lowest BCUT2D eigenvalue weighted by Gasteiger charge is -2.09. The Kier molecular flexibility index (Phi) is 4.57. The number of ether oxygens (including phenoxy) is 1. The topological polar surface area (TPSA) is 70.1 Å². The molecule has 21 heavy (non-hydrogen) atoms. The van der Waals surface area contributed by atoms with Crippen molar-refractivity contribution in [1.29, 1.82) is 0 Å². The Morgan fingerprint density at radius 2 is 2.14 bits per heavy atom. The highest BCUT2D eigenvalue weighted by molar-refractivity contribution is 5.92. The van der Waals surface area contributed by atoms with Gasteiger partial charge in [-0.3, -0.25) is 0 Å². The van der Waals surface area contributed by atoms with Crippen molar-refractivity contribution in [2.75, 3.05) is 12.8 Å². The Morgan fingerprint density at radius 3 is 2.76 bits per heavy atom. The van der Waals surface area contributed by atoms with Crippen LogP contribution >= 0.6 is 0 Å². The maximum atomic E-state index is 13.6. The van der Waals surface area contributed by atoms with E-state index >= 15 is 0 Å². The molecule has 2 rings (SSSR count). The molecule has 0 radical (unpaired) electrons. The number of nitrogens with two attached hydrogens (primary N) is 1. The molecule has 1 aromatic heterocycles. The van der Waals surface area contributed by atoms with Crippen LogP contribution in [0.3, 0.4) is 0 Å². The van der Waals surface area contributed by atoms with Crippen LogP contribution in [-0.4, -0.2) is 22.6 Å². The number of aryl methyl sites for hydroxylation is 2. The zero-order chi connectivity index (χ0) is 15.4. The van der Waals surface area contributed by atoms with Crippen LogP contribution in [0, 0.1) is 5.82 Å². The molecular formula is C15H18FN3O2. The van der Waals surface area contributed by atoms with Crippen LogP contribution in [0.1, 0.15) is 28.8 Å². The minimum Gasteiger partial charge on any atom is -0.464 e. The number of rotatable bonds is 5. The van der Waals surface area contributed by atoms with E-state index in [1.165, 1.54) is 13.2 Å². The van der Waals surface area contributed by atoms with E-state index in [0.717, 1.165) is 0 Å². The molecule has 0 aliphatic heterocycles. The van der Waals surface area contributed by atoms with E-state index in [0.29, 0.717) is 30.8 Å². The van der Waals surface area contributed by atoms with Gasteiger partial charge in [0.1, 0.15) is 17.5 Å². The van der Waals surface area contributed by atoms with Gasteiger partial charge in [-0.25, -0.2) is 14.2 Å². The van der Waals surface area contributed by atoms with Crippen LogP contribution in [-0.2, 0) is 24.1 Å². The van der Waals surface area contributed by atoms with Crippen molar-refractivity contribution < 1.29 is 13.9 Å². The van der Waals surface area contributed by atoms with E-state index in [9.17, 15) is 9.18 Å². The largest absolute Gasteiger partial charge is 0.464 e. The van der Waals surface area contributed by atoms with Gasteiger partial charge >= 0.3 is 5.97 Å². The second kappa shape index (κ2) is 6.39. The number of carbonyl (C=O) groups is 1. The number of nitrogen functional groups attached to an aromatic ring is 1. The first-order valence-corrected chi connectivity index (χ1v) is 6.75. The molecule has 0 atom stereocenters. The summed E-state index contributed by atoms with van der Waals surface area (Å²) < 4.78 is 20.0. The molecule has 1 aromatic carbocycles. The average molecular weight is 291 g/mol. The van der Waals surface area contributed by atoms with Crippen LogP contribution in [0.5, 0.6) is 0 Å². The number of aromatic nitrogens is 2. The lowest BCUT2D eigenvalue weighted by Crippen LogP contribution is -2.11. The number of esters is 1. The van der Waals surface area contributed by atoms with Gasteiger partial charge in [0.05, 0.1) is 7.11 Å². The third-order valence-electron chi connectivity index (χ3n) is 3.34. The maximum absolute atomic E-state index is 13.6. The quantitative estimate of drug-likeness (QED) is 0.857. The minimum atomic E-state index is -0.563. The highest BCUT2D eigenvalue weighted by atomic mass is 19.1. The first-order valence-electron chi connectivity index (χ1n) is 6.75. The van der Waals surface area contributed by atoms with Crippen molar-refractivity contribution in [3.8, 4) is 0 Å². The van der Waals surface area contributed by atoms with Crippen LogP contribution < -0.4 is 5.73 Å². The number of carbonyl (C=O) groups excluding carboxylic acids is 1. The SMILES string of the molecule is CCc1nc(C(=O)OC)c(N)n1CCc1ccccc1F. The van der Waals surface area contributed by atoms with Gasteiger partial charge in [0.2, 0.25) is 0 Å². The lowest BCUT2D eigenvalue weighted by atomic mass is 10.1. The summed E-state index contributed by atoms with van der Waals surface area (Å²) in [6, 6.07) is 6.59. The summed E-state index contributed by atoms with van der Waals surface area (Å²) in [5.74, 6) is 0.133. The van der Waals surface area contributed by atoms with Gasteiger partial charge in [-0.2, -0.15) is 0 Å². The average Bonchev–Trinajstić information content (AvgIpc) is 2.82. The Bertz CT molecular complexity index is 652. The summed E-state index contributed by atoms with van der Waals surface area (Å²) in [7, 11) is 1.28. The number of anilines is 1. The van der Waals surface area contributed by atoms with Gasteiger partial charge in [0.15, 0.2) is 5.69 Å². The second-order valence-electron chi connectivity index (χ2n) is 4.60. The molecule has 0 spiro atoms. The molecule has 2 N–H and O–H groups in total. The Morgan fingerprint density at radius 1 is 1.43 bits per heavy atom. The smallest absolute Gasteiger partial charge is 0.360 e. The molecule has 1 heterocycles. The van der Waals surface area contributed by atoms with Gasteiger partial charge in [-0.15, -0.1) is 0 Å². The van der Waals surface area contributed by atoms with E-state index < -0.39 is 5.97 Å². The summed E-state index contributed by atoms with van der Waals surface area (Å²) in [5.41, 5.74) is 6.68. The highest BCUT2D eigenvalue weighted by Crippen LogP contribution is 2.18. The number of halogens is 1. The summed E-state index contributed by atoms with van der Waals surface area (Å²) in [6.45, 7) is 2.38. The molecule has 0 aliphatic carbocycles. The molecule has 0 aliphatic rings. The molecule has 0 saturated heterocycles. The summed E-state index contributed by atoms with van der Waals surface area (Å²) in [4.78, 5) is 15.8. The summed E-state index contributed by atoms with van der Waals surface area (Å²) in [6.07, 6.45) is 1.10. The van der Waals surface area contributed by atoms with Crippen molar-refractivity contribution >= 4 is 11.8 Å². The molecule has 0 bridgehead atoms. The molecule has 0 fully saturated rings. The number of methoxy groups -OCH3 is 1. The summed E-state index contributed by atoms with van der Waals surface area (Å²) in [5, 5.41) is 0. The monoisotopic (exact) mass is 291 g/mol. The van der Waals surface area contributed by atoms with Crippen molar-refractivity contribution in [3.63, 3.8) is 0 Å². The van der Waals surface area contributed by atoms with Crippen molar-refractivity contribution in [3.05, 3.63) is 47.2 Å². The first-order chi connectivity index (χ1) is 10.1. The molecule has 5 nitrogen and oxygen atoms in total. The van der Waals surface area contributed by atoms with Crippen LogP contribution in [0.15, 0.2) is 24.3 Å². The molecule has 112 valence electrons. The molecule has 0 amide bonds. The third kappa shape index (κ3) is 3.04. The fourth-order valence-corrected chi connectivity index (χ4v) is 2.21. The highest BCUT2D eigenvalue weighted by Gasteiger charge is 2.20. The van der Waals surface area contributed by atoms with E-state index in [1.54, 1.807) is 22.8 Å². The Balaban J connectivity index is 2.25. The zero-order valence-electron chi connectivity index (χ0n) is 12.1. The number of hydrogen-bond acceptors (Lipinski definition) is 4. The van der Waals surface area contributed by atoms with Crippen molar-refractivity contribution in [2.24, 2.45) is 0 Å². The Labute approximate surface area is 122 Å². The lowest BCUT2D eigenvalue weighted by molar-refractivity contribution is 0.0595. The number of hydrogen-bond donors (Lipinski definition) is 1. The number of benzene rings is 1. The molecule has 6 heteroatoms. The summed E-state index contributed by atoms with van der Waals surface area (Å²) >= 11 is 0. The van der Waals surface area contributed by atoms with Crippen LogP contribution in [0.2, 0.25) is 0 Å². The second-order valence-corrected chi connectivity index (χ2v) is 4.60. The van der Waals surface area contributed by atoms with Gasteiger partial charge < -0.3 is 15.0 Å². The minimum absolute atomic E-state index is 0.114. The number of nitrogens with zero attached hydrogens (tertiary/aromatic N) is 2. The normalized spacial score (nSPS) is 10.6. The van der Waals surface area contributed by atoms with Crippen molar-refractivity contribution in [2.45, 2.75) is 26.3 Å². The third-order valence-corrected chi connectivity index (χ3v) is 3.34. The van der Waals surface area contributed by atoms with E-state index in [1.807, 2.05) is 6.92 Å². The molecule has 2 aromatic rings. The fourth-order valence-electron chi connectivity index (χ4n) is 2.21. The molecular weight excluding hydrogens is 273 g/mol. The van der Waals surface area contributed by atoms with E-state index in [4.69, 9.17) is 5.73 Å². The maximum Gasteiger partial charge on any atom is 0.360 e. The van der Waals surface area contributed by atoms with Gasteiger partial charge in [-0.05, 0) is 18.1 Å². The molecule has 0 saturated carbocycles. The first kappa shape index (κ1) is 15.0. The van der Waals surface area contributed by atoms with Crippen LogP contribution in [0.4, 0.5) is 10.2 Å².